The van der Waals surface area contributed by atoms with E-state index in [4.69, 9.17) is 0 Å². The van der Waals surface area contributed by atoms with Gasteiger partial charge in [0.25, 0.3) is 0 Å². The fraction of sp³-hybridized carbons (Fsp3) is 0.688. The Morgan fingerprint density at radius 3 is 2.68 bits per heavy atom. The number of hydrogen-bond donors (Lipinski definition) is 1. The summed E-state index contributed by atoms with van der Waals surface area (Å²) in [5, 5.41) is 8.11. The summed E-state index contributed by atoms with van der Waals surface area (Å²) >= 11 is 0. The molecule has 3 heteroatoms. The molecule has 0 radical (unpaired) electrons. The van der Waals surface area contributed by atoms with E-state index in [0.29, 0.717) is 5.92 Å². The lowest BCUT2D eigenvalue weighted by Crippen LogP contribution is -2.22. The second-order valence-corrected chi connectivity index (χ2v) is 5.40. The van der Waals surface area contributed by atoms with Gasteiger partial charge in [-0.05, 0) is 51.8 Å². The molecular formula is C16H27N3. The SMILES string of the molecule is CC#CCCn1nc(C)c(CCNCC(C)C)c1C. The van der Waals surface area contributed by atoms with Gasteiger partial charge in [0.1, 0.15) is 0 Å². The second-order valence-electron chi connectivity index (χ2n) is 5.40. The average molecular weight is 261 g/mol. The number of nitrogens with one attached hydrogen (secondary N) is 1. The van der Waals surface area contributed by atoms with Gasteiger partial charge < -0.3 is 5.32 Å². The summed E-state index contributed by atoms with van der Waals surface area (Å²) in [5.74, 6) is 6.73. The molecule has 3 nitrogen and oxygen atoms in total. The third-order valence-electron chi connectivity index (χ3n) is 3.26. The van der Waals surface area contributed by atoms with Crippen molar-refractivity contribution in [2.24, 2.45) is 5.92 Å². The minimum absolute atomic E-state index is 0.706. The molecule has 1 heterocycles. The Morgan fingerprint density at radius 1 is 1.32 bits per heavy atom. The van der Waals surface area contributed by atoms with Crippen molar-refractivity contribution in [3.63, 3.8) is 0 Å². The van der Waals surface area contributed by atoms with E-state index in [-0.39, 0.29) is 0 Å². The van der Waals surface area contributed by atoms with Gasteiger partial charge >= 0.3 is 0 Å². The summed E-state index contributed by atoms with van der Waals surface area (Å²) in [6.07, 6.45) is 1.94. The second kappa shape index (κ2) is 8.01. The van der Waals surface area contributed by atoms with Crippen molar-refractivity contribution in [3.05, 3.63) is 17.0 Å². The molecule has 0 aromatic carbocycles. The van der Waals surface area contributed by atoms with Crippen LogP contribution in [0.4, 0.5) is 0 Å². The molecule has 0 saturated carbocycles. The Balaban J connectivity index is 2.55. The Morgan fingerprint density at radius 2 is 2.05 bits per heavy atom. The van der Waals surface area contributed by atoms with Gasteiger partial charge in [-0.25, -0.2) is 0 Å². The standard InChI is InChI=1S/C16H27N3/c1-6-7-8-11-19-15(5)16(14(4)18-19)9-10-17-12-13(2)3/h13,17H,8-12H2,1-5H3. The molecule has 0 aliphatic rings. The third kappa shape index (κ3) is 5.08. The Hall–Kier alpha value is -1.27. The maximum absolute atomic E-state index is 4.62. The van der Waals surface area contributed by atoms with Crippen LogP contribution in [0.15, 0.2) is 0 Å². The summed E-state index contributed by atoms with van der Waals surface area (Å²) in [5.41, 5.74) is 3.84. The molecule has 1 rings (SSSR count). The maximum Gasteiger partial charge on any atom is 0.0628 e. The number of rotatable bonds is 7. The van der Waals surface area contributed by atoms with Crippen LogP contribution in [0.2, 0.25) is 0 Å². The van der Waals surface area contributed by atoms with Crippen LogP contribution in [-0.4, -0.2) is 22.9 Å². The van der Waals surface area contributed by atoms with Crippen molar-refractivity contribution in [1.29, 1.82) is 0 Å². The van der Waals surface area contributed by atoms with Crippen LogP contribution in [0, 0.1) is 31.6 Å². The fourth-order valence-electron chi connectivity index (χ4n) is 2.20. The van der Waals surface area contributed by atoms with E-state index in [1.165, 1.54) is 11.3 Å². The van der Waals surface area contributed by atoms with Gasteiger partial charge in [0, 0.05) is 12.1 Å². The lowest BCUT2D eigenvalue weighted by atomic mass is 10.1. The zero-order valence-electron chi connectivity index (χ0n) is 13.0. The monoisotopic (exact) mass is 261 g/mol. The Labute approximate surface area is 117 Å². The molecule has 0 saturated heterocycles. The zero-order chi connectivity index (χ0) is 14.3. The van der Waals surface area contributed by atoms with Gasteiger partial charge in [0.2, 0.25) is 0 Å². The molecule has 1 N–H and O–H groups in total. The molecular weight excluding hydrogens is 234 g/mol. The predicted octanol–water partition coefficient (Wildman–Crippen LogP) is 2.70. The van der Waals surface area contributed by atoms with E-state index >= 15 is 0 Å². The van der Waals surface area contributed by atoms with Crippen LogP contribution in [0.25, 0.3) is 0 Å². The Kier molecular flexibility index (Phi) is 6.66. The molecule has 0 aliphatic carbocycles. The lowest BCUT2D eigenvalue weighted by molar-refractivity contribution is 0.553. The first-order valence-electron chi connectivity index (χ1n) is 7.19. The molecule has 0 bridgehead atoms. The van der Waals surface area contributed by atoms with Crippen LogP contribution in [0.3, 0.4) is 0 Å². The first-order valence-corrected chi connectivity index (χ1v) is 7.19. The molecule has 0 atom stereocenters. The van der Waals surface area contributed by atoms with Crippen molar-refractivity contribution >= 4 is 0 Å². The maximum atomic E-state index is 4.62. The number of hydrogen-bond acceptors (Lipinski definition) is 2. The van der Waals surface area contributed by atoms with Crippen molar-refractivity contribution in [3.8, 4) is 11.8 Å². The molecule has 1 aromatic heterocycles. The molecule has 0 amide bonds. The molecule has 1 aromatic rings. The van der Waals surface area contributed by atoms with Crippen LogP contribution in [0.5, 0.6) is 0 Å². The summed E-state index contributed by atoms with van der Waals surface area (Å²) in [7, 11) is 0. The van der Waals surface area contributed by atoms with E-state index in [1.807, 2.05) is 6.92 Å². The molecule has 0 fully saturated rings. The minimum Gasteiger partial charge on any atom is -0.316 e. The molecule has 106 valence electrons. The highest BCUT2D eigenvalue weighted by Crippen LogP contribution is 2.13. The molecule has 0 aliphatic heterocycles. The fourth-order valence-corrected chi connectivity index (χ4v) is 2.20. The quantitative estimate of drug-likeness (QED) is 0.604. The highest BCUT2D eigenvalue weighted by atomic mass is 15.3. The van der Waals surface area contributed by atoms with Crippen LogP contribution >= 0.6 is 0 Å². The number of aryl methyl sites for hydroxylation is 2. The average Bonchev–Trinajstić information content (AvgIpc) is 2.61. The predicted molar refractivity (Wildman–Crippen MR) is 81.2 cm³/mol. The molecule has 0 spiro atoms. The first-order chi connectivity index (χ1) is 9.06. The van der Waals surface area contributed by atoms with Gasteiger partial charge in [-0.2, -0.15) is 5.10 Å². The van der Waals surface area contributed by atoms with Gasteiger partial charge in [0.05, 0.1) is 12.2 Å². The van der Waals surface area contributed by atoms with Gasteiger partial charge in [-0.3, -0.25) is 4.68 Å². The highest BCUT2D eigenvalue weighted by Gasteiger charge is 2.10. The lowest BCUT2D eigenvalue weighted by Gasteiger charge is -2.07. The number of aromatic nitrogens is 2. The first kappa shape index (κ1) is 15.8. The topological polar surface area (TPSA) is 29.9 Å². The highest BCUT2D eigenvalue weighted by molar-refractivity contribution is 5.25. The largest absolute Gasteiger partial charge is 0.316 e. The van der Waals surface area contributed by atoms with E-state index in [2.05, 4.69) is 54.6 Å². The van der Waals surface area contributed by atoms with Crippen molar-refractivity contribution in [2.45, 2.75) is 54.0 Å². The summed E-state index contributed by atoms with van der Waals surface area (Å²) in [4.78, 5) is 0. The molecule has 0 unspecified atom stereocenters. The van der Waals surface area contributed by atoms with Crippen LogP contribution < -0.4 is 5.32 Å². The number of nitrogens with zero attached hydrogens (tertiary/aromatic N) is 2. The third-order valence-corrected chi connectivity index (χ3v) is 3.26. The molecule has 19 heavy (non-hydrogen) atoms. The van der Waals surface area contributed by atoms with Crippen molar-refractivity contribution < 1.29 is 0 Å². The van der Waals surface area contributed by atoms with E-state index in [9.17, 15) is 0 Å². The summed E-state index contributed by atoms with van der Waals surface area (Å²) in [6, 6.07) is 0. The van der Waals surface area contributed by atoms with E-state index < -0.39 is 0 Å². The smallest absolute Gasteiger partial charge is 0.0628 e. The normalized spacial score (nSPS) is 10.6. The Bertz CT molecular complexity index is 447. The van der Waals surface area contributed by atoms with Crippen molar-refractivity contribution in [1.82, 2.24) is 15.1 Å². The van der Waals surface area contributed by atoms with Gasteiger partial charge in [-0.1, -0.05) is 13.8 Å². The van der Waals surface area contributed by atoms with E-state index in [1.54, 1.807) is 0 Å². The van der Waals surface area contributed by atoms with Gasteiger partial charge in [0.15, 0.2) is 0 Å². The van der Waals surface area contributed by atoms with E-state index in [0.717, 1.165) is 38.2 Å². The summed E-state index contributed by atoms with van der Waals surface area (Å²) in [6.45, 7) is 13.6. The van der Waals surface area contributed by atoms with Crippen molar-refractivity contribution in [2.75, 3.05) is 13.1 Å². The minimum atomic E-state index is 0.706. The van der Waals surface area contributed by atoms with Crippen LogP contribution in [0.1, 0.15) is 44.1 Å². The van der Waals surface area contributed by atoms with Crippen LogP contribution in [-0.2, 0) is 13.0 Å². The zero-order valence-corrected chi connectivity index (χ0v) is 13.0. The summed E-state index contributed by atoms with van der Waals surface area (Å²) < 4.78 is 2.09. The van der Waals surface area contributed by atoms with Gasteiger partial charge in [-0.15, -0.1) is 11.8 Å².